The molecule has 25 heavy (non-hydrogen) atoms. The molecule has 1 saturated heterocycles. The molecule has 0 N–H and O–H groups in total. The Balaban J connectivity index is 1.72. The molecule has 0 aliphatic carbocycles. The van der Waals surface area contributed by atoms with Gasteiger partial charge in [0.25, 0.3) is 11.6 Å². The monoisotopic (exact) mass is 407 g/mol. The Labute approximate surface area is 152 Å². The number of rotatable bonds is 3. The number of carbonyl (C=O) groups is 1. The average molecular weight is 408 g/mol. The van der Waals surface area contributed by atoms with Gasteiger partial charge in [-0.25, -0.2) is 4.39 Å². The first-order chi connectivity index (χ1) is 12.0. The zero-order valence-corrected chi connectivity index (χ0v) is 14.8. The van der Waals surface area contributed by atoms with Gasteiger partial charge < -0.3 is 9.80 Å². The van der Waals surface area contributed by atoms with Crippen LogP contribution in [0.25, 0.3) is 0 Å². The summed E-state index contributed by atoms with van der Waals surface area (Å²) in [6.45, 7) is 1.66. The Hall–Kier alpha value is -2.48. The van der Waals surface area contributed by atoms with Crippen LogP contribution in [0.1, 0.15) is 10.4 Å². The van der Waals surface area contributed by atoms with E-state index < -0.39 is 10.7 Å². The number of piperazine rings is 1. The lowest BCUT2D eigenvalue weighted by Gasteiger charge is -2.35. The molecule has 0 radical (unpaired) electrons. The van der Waals surface area contributed by atoms with Gasteiger partial charge in [0.05, 0.1) is 10.5 Å². The number of amides is 1. The van der Waals surface area contributed by atoms with E-state index in [9.17, 15) is 19.3 Å². The summed E-state index contributed by atoms with van der Waals surface area (Å²) < 4.78 is 14.5. The van der Waals surface area contributed by atoms with E-state index in [-0.39, 0.29) is 17.2 Å². The summed E-state index contributed by atoms with van der Waals surface area (Å²) in [5.41, 5.74) is 0.609. The molecule has 1 fully saturated rings. The molecule has 3 rings (SSSR count). The minimum absolute atomic E-state index is 0.0299. The molecule has 1 heterocycles. The Morgan fingerprint density at radius 1 is 1.12 bits per heavy atom. The summed E-state index contributed by atoms with van der Waals surface area (Å²) >= 11 is 3.17. The van der Waals surface area contributed by atoms with Crippen molar-refractivity contribution in [3.8, 4) is 0 Å². The van der Waals surface area contributed by atoms with E-state index >= 15 is 0 Å². The number of hydrogen-bond acceptors (Lipinski definition) is 4. The number of nitro benzene ring substituents is 1. The third-order valence-corrected chi connectivity index (χ3v) is 4.64. The van der Waals surface area contributed by atoms with Crippen LogP contribution in [0.3, 0.4) is 0 Å². The minimum Gasteiger partial charge on any atom is -0.362 e. The van der Waals surface area contributed by atoms with Gasteiger partial charge in [-0.1, -0.05) is 28.1 Å². The molecule has 2 aromatic carbocycles. The number of carbonyl (C=O) groups excluding carboxylic acids is 1. The normalized spacial score (nSPS) is 14.5. The van der Waals surface area contributed by atoms with E-state index in [1.54, 1.807) is 29.2 Å². The molecule has 1 aliphatic rings. The lowest BCUT2D eigenvalue weighted by molar-refractivity contribution is -0.384. The predicted octanol–water partition coefficient (Wildman–Crippen LogP) is 3.46. The zero-order chi connectivity index (χ0) is 18.0. The fraction of sp³-hybridized carbons (Fsp3) is 0.235. The molecule has 0 spiro atoms. The van der Waals surface area contributed by atoms with Gasteiger partial charge in [-0.15, -0.1) is 0 Å². The van der Waals surface area contributed by atoms with Crippen LogP contribution < -0.4 is 4.90 Å². The molecule has 0 bridgehead atoms. The second-order valence-corrected chi connectivity index (χ2v) is 6.56. The Morgan fingerprint density at radius 2 is 1.80 bits per heavy atom. The van der Waals surface area contributed by atoms with Gasteiger partial charge in [0, 0.05) is 36.7 Å². The number of nitro groups is 1. The van der Waals surface area contributed by atoms with Gasteiger partial charge >= 0.3 is 0 Å². The van der Waals surface area contributed by atoms with E-state index in [1.807, 2.05) is 4.90 Å². The summed E-state index contributed by atoms with van der Waals surface area (Å²) in [4.78, 5) is 26.7. The third-order valence-electron chi connectivity index (χ3n) is 4.15. The van der Waals surface area contributed by atoms with Crippen LogP contribution >= 0.6 is 15.9 Å². The van der Waals surface area contributed by atoms with Crippen LogP contribution in [-0.4, -0.2) is 41.9 Å². The molecular formula is C17H15BrFN3O3. The van der Waals surface area contributed by atoms with Crippen molar-refractivity contribution >= 4 is 33.2 Å². The summed E-state index contributed by atoms with van der Waals surface area (Å²) in [7, 11) is 0. The van der Waals surface area contributed by atoms with E-state index in [1.165, 1.54) is 18.2 Å². The number of hydrogen-bond donors (Lipinski definition) is 0. The Kier molecular flexibility index (Phi) is 4.98. The van der Waals surface area contributed by atoms with E-state index in [2.05, 4.69) is 15.9 Å². The topological polar surface area (TPSA) is 66.7 Å². The molecule has 0 saturated carbocycles. The lowest BCUT2D eigenvalue weighted by atomic mass is 10.1. The molecule has 2 aromatic rings. The number of para-hydroxylation sites is 2. The molecule has 8 heteroatoms. The van der Waals surface area contributed by atoms with E-state index in [0.717, 1.165) is 0 Å². The van der Waals surface area contributed by atoms with Gasteiger partial charge in [0.1, 0.15) is 11.5 Å². The molecule has 1 amide bonds. The molecule has 1 aliphatic heterocycles. The van der Waals surface area contributed by atoms with Crippen LogP contribution in [0.15, 0.2) is 46.9 Å². The quantitative estimate of drug-likeness (QED) is 0.577. The Morgan fingerprint density at radius 3 is 2.44 bits per heavy atom. The minimum atomic E-state index is -0.569. The largest absolute Gasteiger partial charge is 0.362 e. The van der Waals surface area contributed by atoms with Crippen molar-refractivity contribution in [1.29, 1.82) is 0 Å². The lowest BCUT2D eigenvalue weighted by Crippen LogP contribution is -2.49. The SMILES string of the molecule is O=C(c1ccc(Br)cc1F)N1CCN(c2ccccc2[N+](=O)[O-])CC1. The molecule has 6 nitrogen and oxygen atoms in total. The van der Waals surface area contributed by atoms with Crippen LogP contribution in [0.2, 0.25) is 0 Å². The van der Waals surface area contributed by atoms with Crippen LogP contribution in [0.4, 0.5) is 15.8 Å². The van der Waals surface area contributed by atoms with Crippen LogP contribution in [0.5, 0.6) is 0 Å². The number of anilines is 1. The highest BCUT2D eigenvalue weighted by atomic mass is 79.9. The maximum atomic E-state index is 14.0. The van der Waals surface area contributed by atoms with Crippen molar-refractivity contribution in [1.82, 2.24) is 4.90 Å². The van der Waals surface area contributed by atoms with E-state index in [0.29, 0.717) is 36.3 Å². The number of halogens is 2. The maximum Gasteiger partial charge on any atom is 0.292 e. The Bertz CT molecular complexity index is 823. The fourth-order valence-corrected chi connectivity index (χ4v) is 3.20. The molecule has 0 aromatic heterocycles. The third kappa shape index (κ3) is 3.63. The second-order valence-electron chi connectivity index (χ2n) is 5.65. The van der Waals surface area contributed by atoms with Crippen LogP contribution in [0, 0.1) is 15.9 Å². The smallest absolute Gasteiger partial charge is 0.292 e. The summed E-state index contributed by atoms with van der Waals surface area (Å²) in [6.07, 6.45) is 0. The zero-order valence-electron chi connectivity index (χ0n) is 13.2. The van der Waals surface area contributed by atoms with E-state index in [4.69, 9.17) is 0 Å². The van der Waals surface area contributed by atoms with Crippen molar-refractivity contribution in [3.63, 3.8) is 0 Å². The average Bonchev–Trinajstić information content (AvgIpc) is 2.61. The summed E-state index contributed by atoms with van der Waals surface area (Å²) in [5, 5.41) is 11.2. The first-order valence-electron chi connectivity index (χ1n) is 7.70. The highest BCUT2D eigenvalue weighted by Gasteiger charge is 2.27. The van der Waals surface area contributed by atoms with Gasteiger partial charge in [0.15, 0.2) is 0 Å². The molecule has 0 unspecified atom stereocenters. The summed E-state index contributed by atoms with van der Waals surface area (Å²) in [5.74, 6) is -0.937. The highest BCUT2D eigenvalue weighted by Crippen LogP contribution is 2.28. The fourth-order valence-electron chi connectivity index (χ4n) is 2.87. The van der Waals surface area contributed by atoms with Crippen molar-refractivity contribution in [2.75, 3.05) is 31.1 Å². The first kappa shape index (κ1) is 17.3. The highest BCUT2D eigenvalue weighted by molar-refractivity contribution is 9.10. The molecule has 0 atom stereocenters. The van der Waals surface area contributed by atoms with Crippen LogP contribution in [-0.2, 0) is 0 Å². The number of benzene rings is 2. The van der Waals surface area contributed by atoms with Gasteiger partial charge in [0.2, 0.25) is 0 Å². The van der Waals surface area contributed by atoms with Gasteiger partial charge in [-0.3, -0.25) is 14.9 Å². The van der Waals surface area contributed by atoms with Crippen molar-refractivity contribution < 1.29 is 14.1 Å². The van der Waals surface area contributed by atoms with Crippen molar-refractivity contribution in [3.05, 3.63) is 68.4 Å². The standard InChI is InChI=1S/C17H15BrFN3O3/c18-12-5-6-13(14(19)11-12)17(23)21-9-7-20(8-10-21)15-3-1-2-4-16(15)22(24)25/h1-6,11H,7-10H2. The molecular weight excluding hydrogens is 393 g/mol. The van der Waals surface area contributed by atoms with Crippen molar-refractivity contribution in [2.45, 2.75) is 0 Å². The van der Waals surface area contributed by atoms with Crippen molar-refractivity contribution in [2.24, 2.45) is 0 Å². The number of nitrogens with zero attached hydrogens (tertiary/aromatic N) is 3. The molecule has 130 valence electrons. The second kappa shape index (κ2) is 7.18. The predicted molar refractivity (Wildman–Crippen MR) is 95.3 cm³/mol. The van der Waals surface area contributed by atoms with Gasteiger partial charge in [-0.05, 0) is 24.3 Å². The first-order valence-corrected chi connectivity index (χ1v) is 8.49. The summed E-state index contributed by atoms with van der Waals surface area (Å²) in [6, 6.07) is 10.9. The van der Waals surface area contributed by atoms with Gasteiger partial charge in [-0.2, -0.15) is 0 Å². The maximum absolute atomic E-state index is 14.0.